The number of hydrogen-bond donors (Lipinski definition) is 0. The second-order valence-corrected chi connectivity index (χ2v) is 9.50. The van der Waals surface area contributed by atoms with E-state index >= 15 is 0 Å². The molecule has 5 rings (SSSR count). The zero-order valence-corrected chi connectivity index (χ0v) is 15.9. The van der Waals surface area contributed by atoms with Crippen LogP contribution in [0.4, 0.5) is 0 Å². The zero-order valence-electron chi connectivity index (χ0n) is 15.1. The van der Waals surface area contributed by atoms with Gasteiger partial charge in [0.2, 0.25) is 0 Å². The van der Waals surface area contributed by atoms with E-state index in [9.17, 15) is 9.59 Å². The molecule has 2 aromatic rings. The Morgan fingerprint density at radius 3 is 2.69 bits per heavy atom. The fraction of sp³-hybridized carbons (Fsp3) is 0.632. The molecule has 2 fully saturated rings. The van der Waals surface area contributed by atoms with Crippen molar-refractivity contribution in [1.29, 1.82) is 0 Å². The van der Waals surface area contributed by atoms with Gasteiger partial charge in [0.1, 0.15) is 5.82 Å². The van der Waals surface area contributed by atoms with Gasteiger partial charge >= 0.3 is 11.1 Å². The number of likely N-dealkylation sites (tertiary alicyclic amines) is 1. The van der Waals surface area contributed by atoms with E-state index in [1.807, 2.05) is 11.3 Å². The summed E-state index contributed by atoms with van der Waals surface area (Å²) in [6.07, 6.45) is 3.52. The molecule has 138 valence electrons. The molecule has 0 radical (unpaired) electrons. The number of hydrogen-bond acceptors (Lipinski definition) is 5. The summed E-state index contributed by atoms with van der Waals surface area (Å²) in [6.45, 7) is 6.26. The minimum absolute atomic E-state index is 0.275. The lowest BCUT2D eigenvalue weighted by molar-refractivity contribution is 0.256. The van der Waals surface area contributed by atoms with Gasteiger partial charge in [0, 0.05) is 54.3 Å². The summed E-state index contributed by atoms with van der Waals surface area (Å²) in [5.74, 6) is 2.03. The predicted octanol–water partition coefficient (Wildman–Crippen LogP) is 1.80. The van der Waals surface area contributed by atoms with Gasteiger partial charge < -0.3 is 0 Å². The van der Waals surface area contributed by atoms with Gasteiger partial charge in [-0.1, -0.05) is 6.42 Å². The first kappa shape index (κ1) is 16.4. The molecule has 3 aliphatic rings. The van der Waals surface area contributed by atoms with Crippen LogP contribution in [0.15, 0.2) is 21.7 Å². The Kier molecular flexibility index (Phi) is 3.90. The topological polar surface area (TPSA) is 60.1 Å². The first-order valence-corrected chi connectivity index (χ1v) is 10.4. The molecule has 0 unspecified atom stereocenters. The number of thiophene rings is 1. The number of aryl methyl sites for hydroxylation is 1. The molecule has 0 N–H and O–H groups in total. The van der Waals surface area contributed by atoms with E-state index in [1.165, 1.54) is 20.9 Å². The lowest BCUT2D eigenvalue weighted by atomic mass is 9.85. The minimum Gasteiger partial charge on any atom is -0.297 e. The Morgan fingerprint density at radius 1 is 1.15 bits per heavy atom. The second-order valence-electron chi connectivity index (χ2n) is 8.13. The van der Waals surface area contributed by atoms with E-state index in [1.54, 1.807) is 4.57 Å². The Bertz CT molecular complexity index is 955. The van der Waals surface area contributed by atoms with Crippen LogP contribution in [0.3, 0.4) is 0 Å². The molecule has 6 nitrogen and oxygen atoms in total. The van der Waals surface area contributed by atoms with Crippen LogP contribution in [0.25, 0.3) is 0 Å². The number of rotatable bonds is 4. The Balaban J connectivity index is 1.39. The maximum absolute atomic E-state index is 12.6. The van der Waals surface area contributed by atoms with Crippen molar-refractivity contribution in [3.63, 3.8) is 0 Å². The average molecular weight is 372 g/mol. The number of nitrogens with zero attached hydrogens (tertiary/aromatic N) is 4. The lowest BCUT2D eigenvalue weighted by Crippen LogP contribution is -2.45. The highest BCUT2D eigenvalue weighted by molar-refractivity contribution is 7.11. The Labute approximate surface area is 156 Å². The Hall–Kier alpha value is -1.73. The van der Waals surface area contributed by atoms with Crippen LogP contribution in [-0.2, 0) is 19.6 Å². The van der Waals surface area contributed by atoms with Crippen molar-refractivity contribution in [2.24, 2.45) is 11.8 Å². The van der Waals surface area contributed by atoms with Crippen LogP contribution >= 0.6 is 11.3 Å². The maximum Gasteiger partial charge on any atom is 0.332 e. The average Bonchev–Trinajstić information content (AvgIpc) is 3.23. The van der Waals surface area contributed by atoms with Crippen LogP contribution in [0, 0.1) is 18.8 Å². The third-order valence-corrected chi connectivity index (χ3v) is 7.24. The summed E-state index contributed by atoms with van der Waals surface area (Å²) in [7, 11) is 0. The third kappa shape index (κ3) is 2.68. The van der Waals surface area contributed by atoms with Crippen LogP contribution in [0.5, 0.6) is 0 Å². The maximum atomic E-state index is 12.6. The van der Waals surface area contributed by atoms with Crippen LogP contribution in [-0.4, -0.2) is 32.3 Å². The molecule has 0 bridgehead atoms. The van der Waals surface area contributed by atoms with E-state index in [0.29, 0.717) is 24.9 Å². The molecule has 26 heavy (non-hydrogen) atoms. The van der Waals surface area contributed by atoms with Crippen molar-refractivity contribution >= 4 is 11.3 Å². The highest BCUT2D eigenvalue weighted by Gasteiger charge is 2.42. The molecule has 0 amide bonds. The molecule has 1 saturated heterocycles. The quantitative estimate of drug-likeness (QED) is 0.768. The molecular formula is C19H24N4O2S. The first-order valence-electron chi connectivity index (χ1n) is 9.58. The molecule has 7 heteroatoms. The van der Waals surface area contributed by atoms with E-state index in [2.05, 4.69) is 29.1 Å². The molecule has 2 aliphatic heterocycles. The second kappa shape index (κ2) is 6.16. The summed E-state index contributed by atoms with van der Waals surface area (Å²) in [5.41, 5.74) is -0.810. The van der Waals surface area contributed by atoms with E-state index < -0.39 is 5.56 Å². The normalized spacial score (nSPS) is 25.3. The van der Waals surface area contributed by atoms with Crippen LogP contribution in [0.1, 0.15) is 40.8 Å². The number of fused-ring (bicyclic) bond motifs is 3. The molecule has 2 atom stereocenters. The van der Waals surface area contributed by atoms with Gasteiger partial charge in [-0.25, -0.2) is 4.68 Å². The SMILES string of the molecule is Cc1ccc(CN2C[C@H]3Cn4c(nn(CC5CCC5)c(=O)c4=O)[C@@H]3C2)s1. The molecule has 0 aromatic carbocycles. The predicted molar refractivity (Wildman–Crippen MR) is 101 cm³/mol. The standard InChI is InChI=1S/C19H24N4O2S/c1-12-5-6-15(26-12)10-21-8-14-9-22-17(16(14)11-21)20-23(19(25)18(22)24)7-13-3-2-4-13/h5-6,13-14,16H,2-4,7-11H2,1H3/t14-,16+/m0/s1. The zero-order chi connectivity index (χ0) is 17.8. The summed E-state index contributed by atoms with van der Waals surface area (Å²) in [4.78, 5) is 30.1. The largest absolute Gasteiger partial charge is 0.332 e. The number of aromatic nitrogens is 3. The third-order valence-electron chi connectivity index (χ3n) is 6.26. The van der Waals surface area contributed by atoms with Crippen LogP contribution in [0.2, 0.25) is 0 Å². The highest BCUT2D eigenvalue weighted by Crippen LogP contribution is 2.38. The van der Waals surface area contributed by atoms with Crippen molar-refractivity contribution in [3.8, 4) is 0 Å². The highest BCUT2D eigenvalue weighted by atomic mass is 32.1. The van der Waals surface area contributed by atoms with Crippen LogP contribution < -0.4 is 11.1 Å². The summed E-state index contributed by atoms with van der Waals surface area (Å²) >= 11 is 1.85. The molecule has 0 spiro atoms. The fourth-order valence-corrected chi connectivity index (χ4v) is 5.57. The molecule has 2 aromatic heterocycles. The van der Waals surface area contributed by atoms with Crippen molar-refractivity contribution in [1.82, 2.24) is 19.2 Å². The van der Waals surface area contributed by atoms with Crippen molar-refractivity contribution in [2.75, 3.05) is 13.1 Å². The molecular weight excluding hydrogens is 348 g/mol. The van der Waals surface area contributed by atoms with E-state index in [4.69, 9.17) is 0 Å². The van der Waals surface area contributed by atoms with Gasteiger partial charge in [0.25, 0.3) is 0 Å². The lowest BCUT2D eigenvalue weighted by Gasteiger charge is -2.25. The smallest absolute Gasteiger partial charge is 0.297 e. The summed E-state index contributed by atoms with van der Waals surface area (Å²) in [6, 6.07) is 4.38. The van der Waals surface area contributed by atoms with Gasteiger partial charge in [-0.2, -0.15) is 5.10 Å². The Morgan fingerprint density at radius 2 is 2.00 bits per heavy atom. The van der Waals surface area contributed by atoms with Gasteiger partial charge in [0.15, 0.2) is 0 Å². The minimum atomic E-state index is -0.438. The van der Waals surface area contributed by atoms with Crippen molar-refractivity contribution in [3.05, 3.63) is 48.4 Å². The molecule has 1 saturated carbocycles. The van der Waals surface area contributed by atoms with Crippen molar-refractivity contribution in [2.45, 2.75) is 51.7 Å². The van der Waals surface area contributed by atoms with Crippen molar-refractivity contribution < 1.29 is 0 Å². The summed E-state index contributed by atoms with van der Waals surface area (Å²) in [5, 5.41) is 4.67. The van der Waals surface area contributed by atoms with E-state index in [0.717, 1.165) is 38.3 Å². The fourth-order valence-electron chi connectivity index (χ4n) is 4.64. The van der Waals surface area contributed by atoms with Gasteiger partial charge in [-0.3, -0.25) is 19.1 Å². The van der Waals surface area contributed by atoms with Gasteiger partial charge in [0.05, 0.1) is 0 Å². The first-order chi connectivity index (χ1) is 12.6. The van der Waals surface area contributed by atoms with Gasteiger partial charge in [-0.15, -0.1) is 11.3 Å². The monoisotopic (exact) mass is 372 g/mol. The summed E-state index contributed by atoms with van der Waals surface area (Å²) < 4.78 is 3.12. The van der Waals surface area contributed by atoms with E-state index in [-0.39, 0.29) is 11.5 Å². The molecule has 4 heterocycles. The molecule has 1 aliphatic carbocycles. The van der Waals surface area contributed by atoms with Gasteiger partial charge in [-0.05, 0) is 37.8 Å².